The van der Waals surface area contributed by atoms with Crippen molar-refractivity contribution in [1.82, 2.24) is 0 Å². The summed E-state index contributed by atoms with van der Waals surface area (Å²) < 4.78 is 15.1. The van der Waals surface area contributed by atoms with Gasteiger partial charge >= 0.3 is 0 Å². The van der Waals surface area contributed by atoms with Crippen molar-refractivity contribution in [1.29, 1.82) is 0 Å². The van der Waals surface area contributed by atoms with Gasteiger partial charge in [-0.2, -0.15) is 0 Å². The average molecular weight is 342 g/mol. The molecule has 0 bridgehead atoms. The molecule has 0 aromatic rings. The molecule has 136 valence electrons. The fourth-order valence-electron chi connectivity index (χ4n) is 2.55. The van der Waals surface area contributed by atoms with Crippen LogP contribution in [0.3, 0.4) is 0 Å². The van der Waals surface area contributed by atoms with Crippen LogP contribution >= 0.6 is 0 Å². The quantitative estimate of drug-likeness (QED) is 0.243. The molecule has 0 aromatic carbocycles. The number of aliphatic hydroxyl groups is 8. The van der Waals surface area contributed by atoms with Crippen LogP contribution in [0.5, 0.6) is 0 Å². The molecule has 0 aromatic heterocycles. The number of ether oxygens (including phenoxy) is 3. The van der Waals surface area contributed by atoms with E-state index < -0.39 is 74.6 Å². The fraction of sp³-hybridized carbons (Fsp3) is 1.00. The first-order chi connectivity index (χ1) is 10.8. The molecule has 0 spiro atoms. The molecule has 0 aliphatic carbocycles. The molecule has 2 aliphatic heterocycles. The van der Waals surface area contributed by atoms with Gasteiger partial charge in [0.1, 0.15) is 48.8 Å². The van der Waals surface area contributed by atoms with Crippen molar-refractivity contribution in [2.24, 2.45) is 0 Å². The van der Waals surface area contributed by atoms with Crippen molar-refractivity contribution >= 4 is 0 Å². The molecule has 2 fully saturated rings. The van der Waals surface area contributed by atoms with E-state index in [2.05, 4.69) is 0 Å². The van der Waals surface area contributed by atoms with Crippen molar-refractivity contribution in [2.45, 2.75) is 61.4 Å². The van der Waals surface area contributed by atoms with Crippen LogP contribution in [0.1, 0.15) is 0 Å². The van der Waals surface area contributed by atoms with Gasteiger partial charge in [0.05, 0.1) is 13.2 Å². The summed E-state index contributed by atoms with van der Waals surface area (Å²) in [4.78, 5) is 0. The fourth-order valence-corrected chi connectivity index (χ4v) is 2.55. The van der Waals surface area contributed by atoms with E-state index in [1.165, 1.54) is 0 Å². The molecule has 2 saturated heterocycles. The SMILES string of the molecule is OC[C@H]1O[C@@H](O[C@H]2[C@@H](O)[C@@H](O)[C@@H](CO)O[C@H]2O)[C@H](O)[C@@H](O)[C@H]1O. The second-order valence-corrected chi connectivity index (χ2v) is 5.53. The Kier molecular flexibility index (Phi) is 6.27. The molecule has 23 heavy (non-hydrogen) atoms. The van der Waals surface area contributed by atoms with Crippen molar-refractivity contribution < 1.29 is 55.1 Å². The zero-order valence-corrected chi connectivity index (χ0v) is 12.0. The van der Waals surface area contributed by atoms with Crippen LogP contribution in [-0.4, -0.2) is 115 Å². The molecule has 11 heteroatoms. The zero-order valence-electron chi connectivity index (χ0n) is 12.0. The highest BCUT2D eigenvalue weighted by atomic mass is 16.7. The van der Waals surface area contributed by atoms with E-state index in [-0.39, 0.29) is 0 Å². The van der Waals surface area contributed by atoms with E-state index in [4.69, 9.17) is 24.4 Å². The molecular formula is C12H22O11. The minimum Gasteiger partial charge on any atom is -0.394 e. The first kappa shape index (κ1) is 18.9. The largest absolute Gasteiger partial charge is 0.394 e. The maximum Gasteiger partial charge on any atom is 0.187 e. The van der Waals surface area contributed by atoms with Crippen LogP contribution in [0, 0.1) is 0 Å². The second kappa shape index (κ2) is 7.63. The molecule has 0 radical (unpaired) electrons. The van der Waals surface area contributed by atoms with Crippen molar-refractivity contribution in [2.75, 3.05) is 13.2 Å². The van der Waals surface area contributed by atoms with Gasteiger partial charge < -0.3 is 55.1 Å². The third-order valence-corrected chi connectivity index (χ3v) is 3.98. The lowest BCUT2D eigenvalue weighted by Crippen LogP contribution is -2.64. The predicted molar refractivity (Wildman–Crippen MR) is 68.6 cm³/mol. The number of rotatable bonds is 4. The highest BCUT2D eigenvalue weighted by Crippen LogP contribution is 2.28. The summed E-state index contributed by atoms with van der Waals surface area (Å²) in [6.45, 7) is -1.33. The highest BCUT2D eigenvalue weighted by molar-refractivity contribution is 4.93. The van der Waals surface area contributed by atoms with Crippen LogP contribution < -0.4 is 0 Å². The summed E-state index contributed by atoms with van der Waals surface area (Å²) in [6.07, 6.45) is -15.6. The van der Waals surface area contributed by atoms with E-state index in [9.17, 15) is 30.6 Å². The summed E-state index contributed by atoms with van der Waals surface area (Å²) in [5.74, 6) is 0. The minimum atomic E-state index is -1.75. The number of hydrogen-bond acceptors (Lipinski definition) is 11. The van der Waals surface area contributed by atoms with Gasteiger partial charge in [0.25, 0.3) is 0 Å². The van der Waals surface area contributed by atoms with Crippen LogP contribution in [-0.2, 0) is 14.2 Å². The number of hydrogen-bond donors (Lipinski definition) is 8. The average Bonchev–Trinajstić information content (AvgIpc) is 2.54. The van der Waals surface area contributed by atoms with E-state index in [0.29, 0.717) is 0 Å². The summed E-state index contributed by atoms with van der Waals surface area (Å²) in [6, 6.07) is 0. The van der Waals surface area contributed by atoms with Crippen LogP contribution in [0.4, 0.5) is 0 Å². The predicted octanol–water partition coefficient (Wildman–Crippen LogP) is -5.40. The third-order valence-electron chi connectivity index (χ3n) is 3.98. The first-order valence-electron chi connectivity index (χ1n) is 7.08. The van der Waals surface area contributed by atoms with Gasteiger partial charge in [-0.15, -0.1) is 0 Å². The van der Waals surface area contributed by atoms with E-state index >= 15 is 0 Å². The molecule has 0 unspecified atom stereocenters. The molecule has 0 saturated carbocycles. The summed E-state index contributed by atoms with van der Waals surface area (Å²) in [5.41, 5.74) is 0. The maximum absolute atomic E-state index is 9.94. The van der Waals surface area contributed by atoms with E-state index in [1.807, 2.05) is 0 Å². The minimum absolute atomic E-state index is 0.651. The van der Waals surface area contributed by atoms with Gasteiger partial charge in [0.15, 0.2) is 12.6 Å². The Balaban J connectivity index is 2.08. The lowest BCUT2D eigenvalue weighted by Gasteiger charge is -2.44. The van der Waals surface area contributed by atoms with Gasteiger partial charge in [0.2, 0.25) is 0 Å². The Labute approximate surface area is 130 Å². The molecule has 2 rings (SSSR count). The molecule has 0 amide bonds. The maximum atomic E-state index is 9.94. The van der Waals surface area contributed by atoms with Gasteiger partial charge in [-0.1, -0.05) is 0 Å². The van der Waals surface area contributed by atoms with Crippen molar-refractivity contribution in [3.05, 3.63) is 0 Å². The van der Waals surface area contributed by atoms with E-state index in [1.54, 1.807) is 0 Å². The highest BCUT2D eigenvalue weighted by Gasteiger charge is 2.50. The summed E-state index contributed by atoms with van der Waals surface area (Å²) in [7, 11) is 0. The van der Waals surface area contributed by atoms with E-state index in [0.717, 1.165) is 0 Å². The Morgan fingerprint density at radius 2 is 1.17 bits per heavy atom. The Bertz CT molecular complexity index is 380. The van der Waals surface area contributed by atoms with Crippen molar-refractivity contribution in [3.8, 4) is 0 Å². The number of aliphatic hydroxyl groups excluding tert-OH is 8. The molecule has 10 atom stereocenters. The van der Waals surface area contributed by atoms with Crippen LogP contribution in [0.15, 0.2) is 0 Å². The van der Waals surface area contributed by atoms with Crippen LogP contribution in [0.25, 0.3) is 0 Å². The smallest absolute Gasteiger partial charge is 0.187 e. The molecule has 11 nitrogen and oxygen atoms in total. The lowest BCUT2D eigenvalue weighted by atomic mass is 9.97. The molecular weight excluding hydrogens is 320 g/mol. The summed E-state index contributed by atoms with van der Waals surface area (Å²) in [5, 5.41) is 76.7. The third kappa shape index (κ3) is 3.65. The normalized spacial score (nSPS) is 51.7. The Morgan fingerprint density at radius 1 is 0.652 bits per heavy atom. The van der Waals surface area contributed by atoms with Gasteiger partial charge in [-0.3, -0.25) is 0 Å². The van der Waals surface area contributed by atoms with Crippen molar-refractivity contribution in [3.63, 3.8) is 0 Å². The van der Waals surface area contributed by atoms with Gasteiger partial charge in [0, 0.05) is 0 Å². The zero-order chi connectivity index (χ0) is 17.3. The van der Waals surface area contributed by atoms with Gasteiger partial charge in [-0.05, 0) is 0 Å². The first-order valence-corrected chi connectivity index (χ1v) is 7.08. The Morgan fingerprint density at radius 3 is 1.74 bits per heavy atom. The monoisotopic (exact) mass is 342 g/mol. The Hall–Kier alpha value is -0.440. The molecule has 2 aliphatic rings. The standard InChI is InChI=1S/C12H22O11/c13-1-3-6(16)8(18)10(11(20)21-3)23-12-9(19)7(17)5(15)4(2-14)22-12/h3-20H,1-2H2/t3-,4-,5+,6+,7+,8+,9-,10+,11-,12+/m1/s1. The molecule has 2 heterocycles. The second-order valence-electron chi connectivity index (χ2n) is 5.53. The lowest BCUT2D eigenvalue weighted by molar-refractivity contribution is -0.361. The molecule has 8 N–H and O–H groups in total. The topological polar surface area (TPSA) is 190 Å². The van der Waals surface area contributed by atoms with Gasteiger partial charge in [-0.25, -0.2) is 0 Å². The summed E-state index contributed by atoms with van der Waals surface area (Å²) >= 11 is 0. The van der Waals surface area contributed by atoms with Crippen LogP contribution in [0.2, 0.25) is 0 Å².